The molecule has 0 bridgehead atoms. The van der Waals surface area contributed by atoms with E-state index in [4.69, 9.17) is 11.6 Å². The van der Waals surface area contributed by atoms with Crippen LogP contribution in [-0.2, 0) is 6.54 Å². The van der Waals surface area contributed by atoms with Crippen molar-refractivity contribution < 1.29 is 0 Å². The van der Waals surface area contributed by atoms with Gasteiger partial charge in [0.15, 0.2) is 0 Å². The third-order valence-electron chi connectivity index (χ3n) is 2.89. The van der Waals surface area contributed by atoms with Gasteiger partial charge in [-0.25, -0.2) is 4.98 Å². The van der Waals surface area contributed by atoms with Crippen LogP contribution in [-0.4, -0.2) is 16.0 Å². The summed E-state index contributed by atoms with van der Waals surface area (Å²) in [5, 5.41) is 4.18. The van der Waals surface area contributed by atoms with E-state index in [0.717, 1.165) is 28.6 Å². The van der Waals surface area contributed by atoms with Crippen molar-refractivity contribution >= 4 is 11.6 Å². The number of rotatable bonds is 4. The van der Waals surface area contributed by atoms with Crippen molar-refractivity contribution in [1.82, 2.24) is 15.3 Å². The van der Waals surface area contributed by atoms with Gasteiger partial charge in [0.1, 0.15) is 5.82 Å². The van der Waals surface area contributed by atoms with Crippen LogP contribution in [0.2, 0.25) is 5.02 Å². The molecule has 3 rings (SSSR count). The molecule has 1 aromatic heterocycles. The van der Waals surface area contributed by atoms with Gasteiger partial charge in [0, 0.05) is 35.1 Å². The highest BCUT2D eigenvalue weighted by atomic mass is 35.5. The van der Waals surface area contributed by atoms with Gasteiger partial charge in [-0.05, 0) is 25.0 Å². The normalized spacial score (nSPS) is 15.1. The molecular formula is C13H14ClN3. The zero-order valence-electron chi connectivity index (χ0n) is 9.41. The standard InChI is InChI=1S/C13H14ClN3/c14-10-3-1-2-9(6-10)13-16-8-12(17-13)7-15-11-4-5-11/h1-3,6,8,11,15H,4-5,7H2,(H,16,17). The maximum absolute atomic E-state index is 5.96. The van der Waals surface area contributed by atoms with E-state index in [1.54, 1.807) is 0 Å². The molecule has 1 aliphatic carbocycles. The minimum atomic E-state index is 0.716. The van der Waals surface area contributed by atoms with E-state index in [-0.39, 0.29) is 0 Å². The quantitative estimate of drug-likeness (QED) is 0.872. The smallest absolute Gasteiger partial charge is 0.137 e. The SMILES string of the molecule is Clc1cccc(-c2ncc(CNC3CC3)[nH]2)c1. The van der Waals surface area contributed by atoms with Crippen LogP contribution in [0.4, 0.5) is 0 Å². The summed E-state index contributed by atoms with van der Waals surface area (Å²) in [6, 6.07) is 8.43. The number of hydrogen-bond donors (Lipinski definition) is 2. The molecule has 1 heterocycles. The van der Waals surface area contributed by atoms with Crippen molar-refractivity contribution in [3.05, 3.63) is 41.2 Å². The summed E-state index contributed by atoms with van der Waals surface area (Å²) >= 11 is 5.96. The summed E-state index contributed by atoms with van der Waals surface area (Å²) in [4.78, 5) is 7.68. The molecule has 0 amide bonds. The number of H-pyrrole nitrogens is 1. The molecule has 0 atom stereocenters. The largest absolute Gasteiger partial charge is 0.341 e. The Morgan fingerprint density at radius 3 is 3.06 bits per heavy atom. The number of nitrogens with one attached hydrogen (secondary N) is 2. The molecule has 1 saturated carbocycles. The Kier molecular flexibility index (Phi) is 2.87. The Labute approximate surface area is 105 Å². The predicted octanol–water partition coefficient (Wildman–Crippen LogP) is 2.98. The average Bonchev–Trinajstić information content (AvgIpc) is 3.04. The average molecular weight is 248 g/mol. The predicted molar refractivity (Wildman–Crippen MR) is 68.9 cm³/mol. The number of aromatic amines is 1. The first-order chi connectivity index (χ1) is 8.31. The number of hydrogen-bond acceptors (Lipinski definition) is 2. The van der Waals surface area contributed by atoms with E-state index < -0.39 is 0 Å². The summed E-state index contributed by atoms with van der Waals surface area (Å²) < 4.78 is 0. The Morgan fingerprint density at radius 2 is 2.29 bits per heavy atom. The number of imidazole rings is 1. The van der Waals surface area contributed by atoms with Crippen LogP contribution in [0, 0.1) is 0 Å². The number of halogens is 1. The van der Waals surface area contributed by atoms with Gasteiger partial charge >= 0.3 is 0 Å². The molecule has 1 aromatic carbocycles. The molecule has 1 fully saturated rings. The number of benzene rings is 1. The summed E-state index contributed by atoms with van der Waals surface area (Å²) in [5.41, 5.74) is 2.14. The van der Waals surface area contributed by atoms with Crippen LogP contribution < -0.4 is 5.32 Å². The fourth-order valence-electron chi connectivity index (χ4n) is 1.77. The monoisotopic (exact) mass is 247 g/mol. The van der Waals surface area contributed by atoms with Gasteiger partial charge in [-0.2, -0.15) is 0 Å². The van der Waals surface area contributed by atoms with Gasteiger partial charge < -0.3 is 10.3 Å². The van der Waals surface area contributed by atoms with E-state index in [2.05, 4.69) is 15.3 Å². The van der Waals surface area contributed by atoms with Crippen molar-refractivity contribution in [2.75, 3.05) is 0 Å². The highest BCUT2D eigenvalue weighted by Crippen LogP contribution is 2.21. The third kappa shape index (κ3) is 2.68. The molecule has 17 heavy (non-hydrogen) atoms. The van der Waals surface area contributed by atoms with Crippen LogP contribution in [0.1, 0.15) is 18.5 Å². The molecular weight excluding hydrogens is 234 g/mol. The highest BCUT2D eigenvalue weighted by molar-refractivity contribution is 6.30. The van der Waals surface area contributed by atoms with E-state index >= 15 is 0 Å². The lowest BCUT2D eigenvalue weighted by atomic mass is 10.2. The highest BCUT2D eigenvalue weighted by Gasteiger charge is 2.20. The van der Waals surface area contributed by atoms with Crippen LogP contribution in [0.3, 0.4) is 0 Å². The molecule has 4 heteroatoms. The summed E-state index contributed by atoms with van der Waals surface area (Å²) in [6.45, 7) is 0.859. The maximum Gasteiger partial charge on any atom is 0.137 e. The molecule has 2 N–H and O–H groups in total. The number of nitrogens with zero attached hydrogens (tertiary/aromatic N) is 1. The topological polar surface area (TPSA) is 40.7 Å². The lowest BCUT2D eigenvalue weighted by Gasteiger charge is -1.99. The van der Waals surface area contributed by atoms with Gasteiger partial charge in [-0.15, -0.1) is 0 Å². The lowest BCUT2D eigenvalue weighted by Crippen LogP contribution is -2.15. The Balaban J connectivity index is 1.74. The first kappa shape index (κ1) is 10.8. The van der Waals surface area contributed by atoms with Crippen molar-refractivity contribution in [3.63, 3.8) is 0 Å². The minimum absolute atomic E-state index is 0.716. The molecule has 88 valence electrons. The first-order valence-corrected chi connectivity index (χ1v) is 6.22. The van der Waals surface area contributed by atoms with Crippen molar-refractivity contribution in [2.45, 2.75) is 25.4 Å². The van der Waals surface area contributed by atoms with E-state index in [1.165, 1.54) is 12.8 Å². The van der Waals surface area contributed by atoms with Gasteiger partial charge in [-0.3, -0.25) is 0 Å². The Bertz CT molecular complexity index is 517. The van der Waals surface area contributed by atoms with Gasteiger partial charge in [-0.1, -0.05) is 23.7 Å². The zero-order valence-corrected chi connectivity index (χ0v) is 10.2. The van der Waals surface area contributed by atoms with Gasteiger partial charge in [0.25, 0.3) is 0 Å². The molecule has 0 aliphatic heterocycles. The molecule has 0 unspecified atom stereocenters. The second-order valence-electron chi connectivity index (χ2n) is 4.42. The summed E-state index contributed by atoms with van der Waals surface area (Å²) in [5.74, 6) is 0.875. The molecule has 0 saturated heterocycles. The van der Waals surface area contributed by atoms with Gasteiger partial charge in [0.2, 0.25) is 0 Å². The van der Waals surface area contributed by atoms with Crippen LogP contribution in [0.5, 0.6) is 0 Å². The third-order valence-corrected chi connectivity index (χ3v) is 3.12. The second kappa shape index (κ2) is 4.51. The van der Waals surface area contributed by atoms with E-state index in [1.807, 2.05) is 30.5 Å². The van der Waals surface area contributed by atoms with Crippen LogP contribution in [0.15, 0.2) is 30.5 Å². The Morgan fingerprint density at radius 1 is 1.41 bits per heavy atom. The van der Waals surface area contributed by atoms with Crippen molar-refractivity contribution in [3.8, 4) is 11.4 Å². The van der Waals surface area contributed by atoms with Crippen LogP contribution >= 0.6 is 11.6 Å². The molecule has 0 spiro atoms. The molecule has 1 aliphatic rings. The second-order valence-corrected chi connectivity index (χ2v) is 4.86. The molecule has 3 nitrogen and oxygen atoms in total. The Hall–Kier alpha value is -1.32. The maximum atomic E-state index is 5.96. The van der Waals surface area contributed by atoms with Gasteiger partial charge in [0.05, 0.1) is 0 Å². The summed E-state index contributed by atoms with van der Waals surface area (Å²) in [6.07, 6.45) is 4.48. The van der Waals surface area contributed by atoms with E-state index in [9.17, 15) is 0 Å². The fraction of sp³-hybridized carbons (Fsp3) is 0.308. The summed E-state index contributed by atoms with van der Waals surface area (Å²) in [7, 11) is 0. The van der Waals surface area contributed by atoms with Crippen molar-refractivity contribution in [2.24, 2.45) is 0 Å². The zero-order chi connectivity index (χ0) is 11.7. The first-order valence-electron chi connectivity index (χ1n) is 5.84. The fourth-order valence-corrected chi connectivity index (χ4v) is 1.96. The molecule has 0 radical (unpaired) electrons. The minimum Gasteiger partial charge on any atom is -0.341 e. The molecule has 2 aromatic rings. The van der Waals surface area contributed by atoms with Crippen molar-refractivity contribution in [1.29, 1.82) is 0 Å². The lowest BCUT2D eigenvalue weighted by molar-refractivity contribution is 0.677. The van der Waals surface area contributed by atoms with Crippen LogP contribution in [0.25, 0.3) is 11.4 Å². The number of aromatic nitrogens is 2. The van der Waals surface area contributed by atoms with E-state index in [0.29, 0.717) is 6.04 Å².